The molecule has 1 aromatic carbocycles. The van der Waals surface area contributed by atoms with Crippen LogP contribution in [0.15, 0.2) is 40.1 Å². The van der Waals surface area contributed by atoms with Crippen molar-refractivity contribution in [3.05, 3.63) is 46.5 Å². The minimum absolute atomic E-state index is 0.124. The van der Waals surface area contributed by atoms with Gasteiger partial charge in [-0.15, -0.1) is 21.5 Å². The molecule has 2 N–H and O–H groups in total. The molecule has 1 aliphatic rings. The molecule has 0 aliphatic heterocycles. The van der Waals surface area contributed by atoms with Crippen molar-refractivity contribution in [2.45, 2.75) is 31.4 Å². The van der Waals surface area contributed by atoms with E-state index < -0.39 is 0 Å². The average Bonchev–Trinajstić information content (AvgIpc) is 3.48. The maximum Gasteiger partial charge on any atom is 0.277 e. The van der Waals surface area contributed by atoms with E-state index in [9.17, 15) is 10.1 Å². The maximum atomic E-state index is 12.5. The third kappa shape index (κ3) is 3.84. The molecule has 31 heavy (non-hydrogen) atoms. The lowest BCUT2D eigenvalue weighted by atomic mass is 9.89. The second-order valence-corrected chi connectivity index (χ2v) is 9.66. The molecule has 1 unspecified atom stereocenters. The summed E-state index contributed by atoms with van der Waals surface area (Å²) in [6.45, 7) is 2.22. The highest BCUT2D eigenvalue weighted by Crippen LogP contribution is 2.39. The van der Waals surface area contributed by atoms with E-state index in [1.807, 2.05) is 30.5 Å². The van der Waals surface area contributed by atoms with Gasteiger partial charge in [0, 0.05) is 22.0 Å². The fraction of sp³-hybridized carbons (Fsp3) is 0.273. The van der Waals surface area contributed by atoms with Crippen LogP contribution < -0.4 is 5.32 Å². The highest BCUT2D eigenvalue weighted by Gasteiger charge is 2.25. The van der Waals surface area contributed by atoms with Crippen molar-refractivity contribution >= 4 is 44.9 Å². The number of fused-ring (bicyclic) bond motifs is 2. The second-order valence-electron chi connectivity index (χ2n) is 7.63. The lowest BCUT2D eigenvalue weighted by Crippen LogP contribution is -2.14. The lowest BCUT2D eigenvalue weighted by molar-refractivity contribution is -0.113. The Morgan fingerprint density at radius 2 is 2.29 bits per heavy atom. The van der Waals surface area contributed by atoms with Gasteiger partial charge in [0.05, 0.1) is 16.9 Å². The third-order valence-electron chi connectivity index (χ3n) is 5.43. The molecule has 3 aromatic heterocycles. The molecule has 0 fully saturated rings. The van der Waals surface area contributed by atoms with E-state index in [0.29, 0.717) is 27.6 Å². The number of nitrogens with one attached hydrogen (secondary N) is 2. The molecule has 3 heterocycles. The first-order chi connectivity index (χ1) is 15.1. The second kappa shape index (κ2) is 8.21. The van der Waals surface area contributed by atoms with Crippen LogP contribution in [-0.4, -0.2) is 26.8 Å². The van der Waals surface area contributed by atoms with Crippen LogP contribution in [0.2, 0.25) is 0 Å². The number of hydrogen-bond acceptors (Lipinski definition) is 7. The molecule has 9 heteroatoms. The molecule has 5 rings (SSSR count). The van der Waals surface area contributed by atoms with Crippen molar-refractivity contribution in [3.8, 4) is 17.5 Å². The van der Waals surface area contributed by atoms with Crippen LogP contribution in [0, 0.1) is 17.2 Å². The van der Waals surface area contributed by atoms with Crippen LogP contribution >= 0.6 is 23.1 Å². The van der Waals surface area contributed by atoms with Gasteiger partial charge >= 0.3 is 0 Å². The summed E-state index contributed by atoms with van der Waals surface area (Å²) >= 11 is 2.70. The zero-order chi connectivity index (χ0) is 21.4. The Hall–Kier alpha value is -3.09. The number of anilines is 1. The van der Waals surface area contributed by atoms with E-state index in [-0.39, 0.29) is 11.7 Å². The van der Waals surface area contributed by atoms with Gasteiger partial charge in [0.15, 0.2) is 0 Å². The summed E-state index contributed by atoms with van der Waals surface area (Å²) in [5, 5.41) is 22.6. The van der Waals surface area contributed by atoms with E-state index in [1.165, 1.54) is 28.0 Å². The Labute approximate surface area is 186 Å². The van der Waals surface area contributed by atoms with E-state index in [4.69, 9.17) is 4.42 Å². The molecule has 0 saturated carbocycles. The molecule has 0 saturated heterocycles. The molecule has 1 amide bonds. The summed E-state index contributed by atoms with van der Waals surface area (Å²) in [5.41, 5.74) is 3.54. The van der Waals surface area contributed by atoms with Crippen molar-refractivity contribution in [1.82, 2.24) is 15.2 Å². The monoisotopic (exact) mass is 449 g/mol. The van der Waals surface area contributed by atoms with Gasteiger partial charge in [0.25, 0.3) is 11.1 Å². The summed E-state index contributed by atoms with van der Waals surface area (Å²) in [5.74, 6) is 0.951. The topological polar surface area (TPSA) is 108 Å². The Bertz CT molecular complexity index is 1310. The first-order valence-corrected chi connectivity index (χ1v) is 11.8. The zero-order valence-electron chi connectivity index (χ0n) is 16.8. The van der Waals surface area contributed by atoms with Gasteiger partial charge in [-0.25, -0.2) is 0 Å². The minimum Gasteiger partial charge on any atom is -0.411 e. The summed E-state index contributed by atoms with van der Waals surface area (Å²) in [6, 6.07) is 10.2. The van der Waals surface area contributed by atoms with Crippen LogP contribution in [0.25, 0.3) is 22.4 Å². The quantitative estimate of drug-likeness (QED) is 0.415. The third-order valence-corrected chi connectivity index (χ3v) is 7.42. The van der Waals surface area contributed by atoms with Gasteiger partial charge in [-0.3, -0.25) is 4.79 Å². The van der Waals surface area contributed by atoms with Crippen LogP contribution in [0.1, 0.15) is 29.3 Å². The zero-order valence-corrected chi connectivity index (χ0v) is 18.4. The molecule has 4 aromatic rings. The highest BCUT2D eigenvalue weighted by atomic mass is 32.2. The number of nitriles is 1. The first kappa shape index (κ1) is 19.8. The van der Waals surface area contributed by atoms with Crippen LogP contribution in [0.4, 0.5) is 5.00 Å². The molecule has 0 spiro atoms. The van der Waals surface area contributed by atoms with Crippen molar-refractivity contribution in [3.63, 3.8) is 0 Å². The van der Waals surface area contributed by atoms with Crippen LogP contribution in [0.5, 0.6) is 0 Å². The summed E-state index contributed by atoms with van der Waals surface area (Å²) in [7, 11) is 0. The Balaban J connectivity index is 1.26. The van der Waals surface area contributed by atoms with Crippen molar-refractivity contribution < 1.29 is 9.21 Å². The number of amides is 1. The smallest absolute Gasteiger partial charge is 0.277 e. The van der Waals surface area contributed by atoms with Gasteiger partial charge < -0.3 is 14.7 Å². The number of aromatic nitrogens is 3. The normalized spacial score (nSPS) is 15.5. The van der Waals surface area contributed by atoms with Gasteiger partial charge in [0.2, 0.25) is 5.91 Å². The lowest BCUT2D eigenvalue weighted by Gasteiger charge is -2.17. The van der Waals surface area contributed by atoms with Crippen molar-refractivity contribution in [2.75, 3.05) is 11.1 Å². The molecule has 156 valence electrons. The molecule has 0 bridgehead atoms. The molecule has 7 nitrogen and oxygen atoms in total. The average molecular weight is 450 g/mol. The van der Waals surface area contributed by atoms with Gasteiger partial charge in [-0.2, -0.15) is 5.26 Å². The molecule has 1 atom stereocenters. The van der Waals surface area contributed by atoms with Crippen molar-refractivity contribution in [1.29, 1.82) is 5.26 Å². The van der Waals surface area contributed by atoms with Crippen LogP contribution in [0.3, 0.4) is 0 Å². The number of thiophene rings is 1. The summed E-state index contributed by atoms with van der Waals surface area (Å²) in [6.07, 6.45) is 4.79. The SMILES string of the molecule is CC1CCc2c(sc(NC(=O)CSc3nnc(-c4c[nH]c5ccccc45)o3)c2C#N)C1. The van der Waals surface area contributed by atoms with E-state index in [2.05, 4.69) is 33.5 Å². The molecular weight excluding hydrogens is 430 g/mol. The number of nitrogens with zero attached hydrogens (tertiary/aromatic N) is 3. The predicted octanol–water partition coefficient (Wildman–Crippen LogP) is 5.01. The summed E-state index contributed by atoms with van der Waals surface area (Å²) in [4.78, 5) is 16.9. The number of H-pyrrole nitrogens is 1. The van der Waals surface area contributed by atoms with E-state index >= 15 is 0 Å². The van der Waals surface area contributed by atoms with E-state index in [0.717, 1.165) is 41.3 Å². The Kier molecular flexibility index (Phi) is 5.26. The Morgan fingerprint density at radius 3 is 3.16 bits per heavy atom. The number of benzene rings is 1. The maximum absolute atomic E-state index is 12.5. The number of carbonyl (C=O) groups excluding carboxylic acids is 1. The number of carbonyl (C=O) groups is 1. The number of thioether (sulfide) groups is 1. The molecular formula is C22H19N5O2S2. The summed E-state index contributed by atoms with van der Waals surface area (Å²) < 4.78 is 5.75. The van der Waals surface area contributed by atoms with Gasteiger partial charge in [0.1, 0.15) is 11.1 Å². The molecule has 1 aliphatic carbocycles. The first-order valence-electron chi connectivity index (χ1n) is 9.99. The van der Waals surface area contributed by atoms with Gasteiger partial charge in [-0.1, -0.05) is 36.9 Å². The van der Waals surface area contributed by atoms with Crippen molar-refractivity contribution in [2.24, 2.45) is 5.92 Å². The van der Waals surface area contributed by atoms with Gasteiger partial charge in [-0.05, 0) is 36.8 Å². The predicted molar refractivity (Wildman–Crippen MR) is 121 cm³/mol. The fourth-order valence-electron chi connectivity index (χ4n) is 3.87. The molecule has 0 radical (unpaired) electrons. The highest BCUT2D eigenvalue weighted by molar-refractivity contribution is 7.99. The van der Waals surface area contributed by atoms with E-state index in [1.54, 1.807) is 0 Å². The fourth-order valence-corrected chi connectivity index (χ4v) is 5.81. The Morgan fingerprint density at radius 1 is 1.42 bits per heavy atom. The number of hydrogen-bond donors (Lipinski definition) is 2. The standard InChI is InChI=1S/C22H19N5O2S2/c1-12-6-7-14-15(9-23)21(31-18(14)8-12)25-19(28)11-30-22-27-26-20(29-22)16-10-24-17-5-3-2-4-13(16)17/h2-5,10,12,24H,6-8,11H2,1H3,(H,25,28). The largest absolute Gasteiger partial charge is 0.411 e. The number of rotatable bonds is 5. The number of aromatic amines is 1. The number of para-hydroxylation sites is 1. The van der Waals surface area contributed by atoms with Crippen LogP contribution in [-0.2, 0) is 17.6 Å². The minimum atomic E-state index is -0.194.